The average molecular weight is 362 g/mol. The normalized spacial score (nSPS) is 16.2. The van der Waals surface area contributed by atoms with E-state index >= 15 is 0 Å². The average Bonchev–Trinajstić information content (AvgIpc) is 3.10. The van der Waals surface area contributed by atoms with Crippen LogP contribution < -0.4 is 10.9 Å². The van der Waals surface area contributed by atoms with Crippen molar-refractivity contribution in [1.29, 1.82) is 0 Å². The Morgan fingerprint density at radius 2 is 2.08 bits per heavy atom. The topological polar surface area (TPSA) is 67.2 Å². The van der Waals surface area contributed by atoms with Crippen LogP contribution in [0.15, 0.2) is 22.6 Å². The Labute approximate surface area is 151 Å². The van der Waals surface area contributed by atoms with Gasteiger partial charge in [0.25, 0.3) is 5.56 Å². The fourth-order valence-electron chi connectivity index (χ4n) is 3.29. The number of hydrogen-bond acceptors (Lipinski definition) is 5. The summed E-state index contributed by atoms with van der Waals surface area (Å²) in [5.74, 6) is -0.0256. The number of likely N-dealkylation sites (tertiary alicyclic amines) is 1. The highest BCUT2D eigenvalue weighted by molar-refractivity contribution is 7.16. The Kier molecular flexibility index (Phi) is 5.54. The van der Waals surface area contributed by atoms with Crippen LogP contribution in [0.5, 0.6) is 0 Å². The van der Waals surface area contributed by atoms with Crippen LogP contribution in [0.1, 0.15) is 39.5 Å². The van der Waals surface area contributed by atoms with Crippen molar-refractivity contribution >= 4 is 27.5 Å². The number of nitrogens with zero attached hydrogens (tertiary/aromatic N) is 3. The number of piperidine rings is 1. The molecule has 25 heavy (non-hydrogen) atoms. The zero-order valence-corrected chi connectivity index (χ0v) is 15.8. The molecule has 1 N–H and O–H groups in total. The maximum atomic E-state index is 12.3. The lowest BCUT2D eigenvalue weighted by atomic mass is 9.98. The number of carbonyl (C=O) groups is 1. The summed E-state index contributed by atoms with van der Waals surface area (Å²) in [6.07, 6.45) is 5.59. The lowest BCUT2D eigenvalue weighted by Gasteiger charge is -2.41. The molecule has 0 radical (unpaired) electrons. The molecule has 3 rings (SSSR count). The molecule has 3 heterocycles. The second-order valence-corrected chi connectivity index (χ2v) is 8.16. The summed E-state index contributed by atoms with van der Waals surface area (Å²) in [7, 11) is 0. The van der Waals surface area contributed by atoms with Crippen LogP contribution in [0.25, 0.3) is 10.2 Å². The molecular weight excluding hydrogens is 336 g/mol. The molecule has 0 atom stereocenters. The third-order valence-electron chi connectivity index (χ3n) is 4.96. The molecule has 136 valence electrons. The van der Waals surface area contributed by atoms with Crippen molar-refractivity contribution in [2.45, 2.75) is 51.6 Å². The van der Waals surface area contributed by atoms with Gasteiger partial charge in [0.05, 0.1) is 11.7 Å². The molecular formula is C18H26N4O2S. The van der Waals surface area contributed by atoms with Gasteiger partial charge in [-0.2, -0.15) is 0 Å². The molecule has 1 aliphatic rings. The SMILES string of the molecule is CC(C)(CNC(=O)CCn1cnc2sccc2c1=O)N1CCCCC1. The van der Waals surface area contributed by atoms with Crippen LogP contribution in [-0.2, 0) is 11.3 Å². The van der Waals surface area contributed by atoms with Crippen molar-refractivity contribution in [1.82, 2.24) is 19.8 Å². The van der Waals surface area contributed by atoms with Crippen LogP contribution in [-0.4, -0.2) is 45.5 Å². The van der Waals surface area contributed by atoms with Gasteiger partial charge in [0.1, 0.15) is 4.83 Å². The molecule has 1 saturated heterocycles. The van der Waals surface area contributed by atoms with Crippen molar-refractivity contribution in [3.05, 3.63) is 28.1 Å². The zero-order chi connectivity index (χ0) is 17.9. The molecule has 0 spiro atoms. The molecule has 2 aromatic rings. The number of carbonyl (C=O) groups excluding carboxylic acids is 1. The summed E-state index contributed by atoms with van der Waals surface area (Å²) >= 11 is 1.45. The quantitative estimate of drug-likeness (QED) is 0.856. The predicted molar refractivity (Wildman–Crippen MR) is 101 cm³/mol. The van der Waals surface area contributed by atoms with Crippen LogP contribution >= 0.6 is 11.3 Å². The summed E-state index contributed by atoms with van der Waals surface area (Å²) < 4.78 is 1.52. The number of nitrogens with one attached hydrogen (secondary N) is 1. The van der Waals surface area contributed by atoms with Crippen molar-refractivity contribution in [2.75, 3.05) is 19.6 Å². The monoisotopic (exact) mass is 362 g/mol. The maximum Gasteiger partial charge on any atom is 0.262 e. The first-order chi connectivity index (χ1) is 12.0. The summed E-state index contributed by atoms with van der Waals surface area (Å²) in [4.78, 5) is 32.0. The number of thiophene rings is 1. The lowest BCUT2D eigenvalue weighted by molar-refractivity contribution is -0.122. The van der Waals surface area contributed by atoms with Crippen LogP contribution in [0, 0.1) is 0 Å². The Bertz CT molecular complexity index is 790. The van der Waals surface area contributed by atoms with E-state index in [1.165, 1.54) is 41.5 Å². The minimum absolute atomic E-state index is 0.0256. The van der Waals surface area contributed by atoms with Gasteiger partial charge in [-0.05, 0) is 51.2 Å². The second-order valence-electron chi connectivity index (χ2n) is 7.27. The third-order valence-corrected chi connectivity index (χ3v) is 5.78. The molecule has 7 heteroatoms. The van der Waals surface area contributed by atoms with E-state index < -0.39 is 0 Å². The van der Waals surface area contributed by atoms with E-state index in [1.54, 1.807) is 6.07 Å². The first-order valence-electron chi connectivity index (χ1n) is 8.92. The minimum atomic E-state index is -0.0762. The number of fused-ring (bicyclic) bond motifs is 1. The molecule has 1 fully saturated rings. The molecule has 0 aromatic carbocycles. The van der Waals surface area contributed by atoms with E-state index in [4.69, 9.17) is 0 Å². The fraction of sp³-hybridized carbons (Fsp3) is 0.611. The van der Waals surface area contributed by atoms with E-state index in [0.717, 1.165) is 17.9 Å². The smallest absolute Gasteiger partial charge is 0.262 e. The Morgan fingerprint density at radius 1 is 1.32 bits per heavy atom. The summed E-state index contributed by atoms with van der Waals surface area (Å²) in [6, 6.07) is 1.78. The highest BCUT2D eigenvalue weighted by Crippen LogP contribution is 2.19. The van der Waals surface area contributed by atoms with Gasteiger partial charge in [-0.1, -0.05) is 6.42 Å². The van der Waals surface area contributed by atoms with Gasteiger partial charge < -0.3 is 5.32 Å². The van der Waals surface area contributed by atoms with Gasteiger partial charge in [0.2, 0.25) is 5.91 Å². The number of rotatable bonds is 6. The van der Waals surface area contributed by atoms with Gasteiger partial charge in [-0.15, -0.1) is 11.3 Å². The molecule has 0 saturated carbocycles. The highest BCUT2D eigenvalue weighted by atomic mass is 32.1. The number of hydrogen-bond donors (Lipinski definition) is 1. The molecule has 0 aliphatic carbocycles. The van der Waals surface area contributed by atoms with E-state index in [0.29, 0.717) is 18.5 Å². The number of amides is 1. The van der Waals surface area contributed by atoms with Crippen LogP contribution in [0.3, 0.4) is 0 Å². The van der Waals surface area contributed by atoms with Crippen LogP contribution in [0.2, 0.25) is 0 Å². The molecule has 1 aliphatic heterocycles. The second kappa shape index (κ2) is 7.66. The van der Waals surface area contributed by atoms with Crippen molar-refractivity contribution in [3.63, 3.8) is 0 Å². The third kappa shape index (κ3) is 4.27. The van der Waals surface area contributed by atoms with E-state index in [2.05, 4.69) is 29.0 Å². The summed E-state index contributed by atoms with van der Waals surface area (Å²) in [5.41, 5.74) is -0.114. The molecule has 0 bridgehead atoms. The zero-order valence-electron chi connectivity index (χ0n) is 15.0. The number of aryl methyl sites for hydroxylation is 1. The lowest BCUT2D eigenvalue weighted by Crippen LogP contribution is -2.53. The molecule has 0 unspecified atom stereocenters. The van der Waals surface area contributed by atoms with E-state index in [9.17, 15) is 9.59 Å². The molecule has 2 aromatic heterocycles. The molecule has 6 nitrogen and oxygen atoms in total. The minimum Gasteiger partial charge on any atom is -0.354 e. The van der Waals surface area contributed by atoms with Gasteiger partial charge in [-0.25, -0.2) is 4.98 Å². The van der Waals surface area contributed by atoms with Crippen molar-refractivity contribution < 1.29 is 4.79 Å². The molecule has 1 amide bonds. The van der Waals surface area contributed by atoms with Crippen molar-refractivity contribution in [2.24, 2.45) is 0 Å². The van der Waals surface area contributed by atoms with E-state index in [-0.39, 0.29) is 23.4 Å². The van der Waals surface area contributed by atoms with Crippen LogP contribution in [0.4, 0.5) is 0 Å². The maximum absolute atomic E-state index is 12.3. The standard InChI is InChI=1S/C18H26N4O2S/c1-18(2,22-8-4-3-5-9-22)12-19-15(23)6-10-21-13-20-16-14(17(21)24)7-11-25-16/h7,11,13H,3-6,8-10,12H2,1-2H3,(H,19,23). The highest BCUT2D eigenvalue weighted by Gasteiger charge is 2.28. The summed E-state index contributed by atoms with van der Waals surface area (Å²) in [5, 5.41) is 5.51. The largest absolute Gasteiger partial charge is 0.354 e. The first kappa shape index (κ1) is 18.1. The van der Waals surface area contributed by atoms with Gasteiger partial charge >= 0.3 is 0 Å². The fourth-order valence-corrected chi connectivity index (χ4v) is 4.01. The van der Waals surface area contributed by atoms with Crippen molar-refractivity contribution in [3.8, 4) is 0 Å². The van der Waals surface area contributed by atoms with Gasteiger partial charge in [0, 0.05) is 25.0 Å². The Morgan fingerprint density at radius 3 is 2.84 bits per heavy atom. The first-order valence-corrected chi connectivity index (χ1v) is 9.80. The van der Waals surface area contributed by atoms with Gasteiger partial charge in [0.15, 0.2) is 0 Å². The predicted octanol–water partition coefficient (Wildman–Crippen LogP) is 2.23. The Hall–Kier alpha value is -1.73. The summed E-state index contributed by atoms with van der Waals surface area (Å²) in [6.45, 7) is 7.54. The van der Waals surface area contributed by atoms with Gasteiger partial charge in [-0.3, -0.25) is 19.1 Å². The van der Waals surface area contributed by atoms with E-state index in [1.807, 2.05) is 5.38 Å². The Balaban J connectivity index is 1.52. The number of aromatic nitrogens is 2.